The number of hydrogen-bond acceptors (Lipinski definition) is 2. The van der Waals surface area contributed by atoms with Crippen LogP contribution in [0.15, 0.2) is 24.3 Å². The van der Waals surface area contributed by atoms with Gasteiger partial charge in [-0.25, -0.2) is 0 Å². The Balaban J connectivity index is 4.03. The Morgan fingerprint density at radius 2 is 2.30 bits per heavy atom. The molecule has 0 aliphatic carbocycles. The van der Waals surface area contributed by atoms with Crippen molar-refractivity contribution < 1.29 is 9.90 Å². The standard InChI is InChI=1S/C7H11NO2/c1-2-3-4-6(5-9)7(8)10/h2,4,9H,1,3,5H2,(H2,8,10)/b6-4-. The summed E-state index contributed by atoms with van der Waals surface area (Å²) >= 11 is 0. The number of hydrogen-bond donors (Lipinski definition) is 2. The first-order valence-electron chi connectivity index (χ1n) is 2.93. The first-order valence-corrected chi connectivity index (χ1v) is 2.93. The van der Waals surface area contributed by atoms with E-state index < -0.39 is 5.91 Å². The average Bonchev–Trinajstić information content (AvgIpc) is 1.89. The molecule has 0 aliphatic heterocycles. The topological polar surface area (TPSA) is 63.3 Å². The predicted octanol–water partition coefficient (Wildman–Crippen LogP) is -0.0335. The van der Waals surface area contributed by atoms with Crippen molar-refractivity contribution in [2.45, 2.75) is 6.42 Å². The first-order chi connectivity index (χ1) is 4.72. The van der Waals surface area contributed by atoms with Gasteiger partial charge < -0.3 is 10.8 Å². The fourth-order valence-electron chi connectivity index (χ4n) is 0.469. The van der Waals surface area contributed by atoms with Gasteiger partial charge in [0.05, 0.1) is 6.61 Å². The molecule has 3 nitrogen and oxygen atoms in total. The molecule has 0 unspecified atom stereocenters. The summed E-state index contributed by atoms with van der Waals surface area (Å²) < 4.78 is 0. The molecule has 0 heterocycles. The van der Waals surface area contributed by atoms with Gasteiger partial charge in [0.25, 0.3) is 0 Å². The van der Waals surface area contributed by atoms with Crippen LogP contribution in [0.5, 0.6) is 0 Å². The lowest BCUT2D eigenvalue weighted by atomic mass is 10.2. The van der Waals surface area contributed by atoms with E-state index in [-0.39, 0.29) is 12.2 Å². The molecule has 3 heteroatoms. The molecule has 0 spiro atoms. The van der Waals surface area contributed by atoms with Gasteiger partial charge in [0, 0.05) is 5.57 Å². The van der Waals surface area contributed by atoms with Gasteiger partial charge in [-0.1, -0.05) is 12.2 Å². The number of rotatable bonds is 4. The lowest BCUT2D eigenvalue weighted by Crippen LogP contribution is -2.16. The second-order valence-corrected chi connectivity index (χ2v) is 1.78. The van der Waals surface area contributed by atoms with E-state index in [0.717, 1.165) is 0 Å². The number of allylic oxidation sites excluding steroid dienone is 2. The summed E-state index contributed by atoms with van der Waals surface area (Å²) in [6.45, 7) is 3.15. The summed E-state index contributed by atoms with van der Waals surface area (Å²) in [5.74, 6) is -0.579. The summed E-state index contributed by atoms with van der Waals surface area (Å²) in [6, 6.07) is 0. The van der Waals surface area contributed by atoms with E-state index in [9.17, 15) is 4.79 Å². The lowest BCUT2D eigenvalue weighted by molar-refractivity contribution is -0.114. The molecular formula is C7H11NO2. The number of nitrogens with two attached hydrogens (primary N) is 1. The van der Waals surface area contributed by atoms with Crippen molar-refractivity contribution in [1.82, 2.24) is 0 Å². The Labute approximate surface area is 59.8 Å². The third kappa shape index (κ3) is 3.04. The van der Waals surface area contributed by atoms with E-state index in [0.29, 0.717) is 6.42 Å². The molecule has 10 heavy (non-hydrogen) atoms. The minimum Gasteiger partial charge on any atom is -0.391 e. The van der Waals surface area contributed by atoms with Gasteiger partial charge in [0.1, 0.15) is 0 Å². The molecule has 0 rings (SSSR count). The monoisotopic (exact) mass is 141 g/mol. The molecule has 0 aliphatic rings. The molecule has 3 N–H and O–H groups in total. The van der Waals surface area contributed by atoms with Crippen molar-refractivity contribution in [3.63, 3.8) is 0 Å². The smallest absolute Gasteiger partial charge is 0.246 e. The van der Waals surface area contributed by atoms with Crippen LogP contribution < -0.4 is 5.73 Å². The van der Waals surface area contributed by atoms with Gasteiger partial charge in [-0.15, -0.1) is 6.58 Å². The van der Waals surface area contributed by atoms with Crippen LogP contribution >= 0.6 is 0 Å². The van der Waals surface area contributed by atoms with E-state index >= 15 is 0 Å². The van der Waals surface area contributed by atoms with Gasteiger partial charge in [0.15, 0.2) is 0 Å². The molecule has 0 aromatic carbocycles. The summed E-state index contributed by atoms with van der Waals surface area (Å²) in [7, 11) is 0. The van der Waals surface area contributed by atoms with Crippen molar-refractivity contribution in [3.8, 4) is 0 Å². The van der Waals surface area contributed by atoms with Gasteiger partial charge >= 0.3 is 0 Å². The lowest BCUT2D eigenvalue weighted by Gasteiger charge is -1.94. The largest absolute Gasteiger partial charge is 0.391 e. The zero-order valence-electron chi connectivity index (χ0n) is 5.71. The number of aliphatic hydroxyl groups excluding tert-OH is 1. The number of carbonyl (C=O) groups is 1. The molecule has 0 atom stereocenters. The van der Waals surface area contributed by atoms with Crippen LogP contribution in [0.1, 0.15) is 6.42 Å². The Bertz CT molecular complexity index is 161. The molecule has 0 fully saturated rings. The summed E-state index contributed by atoms with van der Waals surface area (Å²) in [4.78, 5) is 10.4. The first kappa shape index (κ1) is 8.91. The highest BCUT2D eigenvalue weighted by atomic mass is 16.3. The highest BCUT2D eigenvalue weighted by Crippen LogP contribution is 1.94. The Morgan fingerprint density at radius 1 is 1.70 bits per heavy atom. The molecule has 0 saturated carbocycles. The molecule has 0 radical (unpaired) electrons. The van der Waals surface area contributed by atoms with Crippen LogP contribution in [0.2, 0.25) is 0 Å². The number of carbonyl (C=O) groups excluding carboxylic acids is 1. The van der Waals surface area contributed by atoms with Crippen LogP contribution in [-0.4, -0.2) is 17.6 Å². The number of aliphatic hydroxyl groups is 1. The van der Waals surface area contributed by atoms with Crippen molar-refractivity contribution in [2.75, 3.05) is 6.61 Å². The van der Waals surface area contributed by atoms with E-state index in [1.807, 2.05) is 0 Å². The van der Waals surface area contributed by atoms with E-state index in [1.165, 1.54) is 0 Å². The molecule has 0 aromatic heterocycles. The normalized spacial score (nSPS) is 11.1. The maximum Gasteiger partial charge on any atom is 0.246 e. The third-order valence-corrected chi connectivity index (χ3v) is 1.02. The maximum absolute atomic E-state index is 10.4. The second-order valence-electron chi connectivity index (χ2n) is 1.78. The summed E-state index contributed by atoms with van der Waals surface area (Å²) in [5, 5.41) is 8.52. The summed E-state index contributed by atoms with van der Waals surface area (Å²) in [6.07, 6.45) is 3.73. The van der Waals surface area contributed by atoms with Crippen LogP contribution in [0.25, 0.3) is 0 Å². The maximum atomic E-state index is 10.4. The highest BCUT2D eigenvalue weighted by Gasteiger charge is 1.99. The van der Waals surface area contributed by atoms with E-state index in [4.69, 9.17) is 10.8 Å². The molecule has 0 bridgehead atoms. The van der Waals surface area contributed by atoms with Gasteiger partial charge in [-0.05, 0) is 6.42 Å². The van der Waals surface area contributed by atoms with Crippen molar-refractivity contribution in [2.24, 2.45) is 5.73 Å². The predicted molar refractivity (Wildman–Crippen MR) is 39.2 cm³/mol. The minimum absolute atomic E-state index is 0.236. The minimum atomic E-state index is -0.579. The van der Waals surface area contributed by atoms with Crippen LogP contribution in [0.3, 0.4) is 0 Å². The molecule has 0 aromatic rings. The Hall–Kier alpha value is -1.09. The molecule has 0 saturated heterocycles. The number of amides is 1. The van der Waals surface area contributed by atoms with Crippen molar-refractivity contribution >= 4 is 5.91 Å². The van der Waals surface area contributed by atoms with Crippen LogP contribution in [-0.2, 0) is 4.79 Å². The fraction of sp³-hybridized carbons (Fsp3) is 0.286. The van der Waals surface area contributed by atoms with Crippen molar-refractivity contribution in [1.29, 1.82) is 0 Å². The second kappa shape index (κ2) is 4.76. The molecule has 56 valence electrons. The Kier molecular flexibility index (Phi) is 4.24. The third-order valence-electron chi connectivity index (χ3n) is 1.02. The quantitative estimate of drug-likeness (QED) is 0.426. The summed E-state index contributed by atoms with van der Waals surface area (Å²) in [5.41, 5.74) is 5.12. The van der Waals surface area contributed by atoms with E-state index in [2.05, 4.69) is 6.58 Å². The van der Waals surface area contributed by atoms with Gasteiger partial charge in [-0.2, -0.15) is 0 Å². The molecule has 1 amide bonds. The highest BCUT2D eigenvalue weighted by molar-refractivity contribution is 5.92. The van der Waals surface area contributed by atoms with Crippen LogP contribution in [0.4, 0.5) is 0 Å². The van der Waals surface area contributed by atoms with Gasteiger partial charge in [0.2, 0.25) is 5.91 Å². The van der Waals surface area contributed by atoms with Gasteiger partial charge in [-0.3, -0.25) is 4.79 Å². The average molecular weight is 141 g/mol. The zero-order valence-corrected chi connectivity index (χ0v) is 5.71. The van der Waals surface area contributed by atoms with Crippen LogP contribution in [0, 0.1) is 0 Å². The molecular weight excluding hydrogens is 130 g/mol. The Morgan fingerprint density at radius 3 is 2.60 bits per heavy atom. The SMILES string of the molecule is C=CC/C=C(/CO)C(N)=O. The van der Waals surface area contributed by atoms with E-state index in [1.54, 1.807) is 12.2 Å². The van der Waals surface area contributed by atoms with Crippen molar-refractivity contribution in [3.05, 3.63) is 24.3 Å². The zero-order chi connectivity index (χ0) is 7.98. The fourth-order valence-corrected chi connectivity index (χ4v) is 0.469. The number of primary amides is 1.